The first-order valence-corrected chi connectivity index (χ1v) is 9.24. The van der Waals surface area contributed by atoms with Crippen LogP contribution in [0.4, 0.5) is 0 Å². The Morgan fingerprint density at radius 3 is 2.71 bits per heavy atom. The van der Waals surface area contributed by atoms with Gasteiger partial charge in [0.05, 0.1) is 19.7 Å². The summed E-state index contributed by atoms with van der Waals surface area (Å²) in [5.41, 5.74) is 1.08. The van der Waals surface area contributed by atoms with E-state index in [9.17, 15) is 0 Å². The number of aryl methyl sites for hydroxylation is 1. The normalized spacial score (nSPS) is 11.4. The molecule has 0 unspecified atom stereocenters. The van der Waals surface area contributed by atoms with E-state index in [4.69, 9.17) is 4.74 Å². The Bertz CT molecular complexity index is 654. The fourth-order valence-electron chi connectivity index (χ4n) is 2.17. The lowest BCUT2D eigenvalue weighted by Crippen LogP contribution is -2.36. The zero-order valence-electron chi connectivity index (χ0n) is 14.6. The molecule has 0 atom stereocenters. The number of aromatic nitrogens is 1. The number of guanidine groups is 1. The van der Waals surface area contributed by atoms with Gasteiger partial charge in [-0.1, -0.05) is 6.92 Å². The zero-order valence-corrected chi connectivity index (χ0v) is 15.4. The van der Waals surface area contributed by atoms with Gasteiger partial charge in [0.1, 0.15) is 0 Å². The van der Waals surface area contributed by atoms with Crippen LogP contribution in [0.1, 0.15) is 36.1 Å². The molecule has 0 saturated heterocycles. The Kier molecular flexibility index (Phi) is 7.55. The van der Waals surface area contributed by atoms with Crippen molar-refractivity contribution in [1.29, 1.82) is 0 Å². The fourth-order valence-corrected chi connectivity index (χ4v) is 3.06. The first-order valence-electron chi connectivity index (χ1n) is 8.42. The topological polar surface area (TPSA) is 58.5 Å². The molecule has 2 aromatic rings. The Morgan fingerprint density at radius 2 is 2.00 bits per heavy atom. The summed E-state index contributed by atoms with van der Waals surface area (Å²) in [4.78, 5) is 11.6. The molecule has 0 bridgehead atoms. The molecule has 0 aliphatic heterocycles. The monoisotopic (exact) mass is 346 g/mol. The molecule has 0 spiro atoms. The second kappa shape index (κ2) is 9.93. The van der Waals surface area contributed by atoms with Crippen molar-refractivity contribution < 1.29 is 4.74 Å². The zero-order chi connectivity index (χ0) is 17.2. The molecule has 2 rings (SSSR count). The van der Waals surface area contributed by atoms with E-state index in [1.807, 2.05) is 30.4 Å². The number of thiophene rings is 1. The summed E-state index contributed by atoms with van der Waals surface area (Å²) in [6.45, 7) is 9.02. The molecule has 0 aliphatic carbocycles. The van der Waals surface area contributed by atoms with Crippen LogP contribution in [0.25, 0.3) is 0 Å². The minimum atomic E-state index is 0.586. The molecule has 0 aromatic carbocycles. The van der Waals surface area contributed by atoms with Gasteiger partial charge in [-0.15, -0.1) is 11.3 Å². The molecule has 130 valence electrons. The largest absolute Gasteiger partial charge is 0.478 e. The van der Waals surface area contributed by atoms with Crippen molar-refractivity contribution in [3.63, 3.8) is 0 Å². The summed E-state index contributed by atoms with van der Waals surface area (Å²) in [5, 5.41) is 6.67. The van der Waals surface area contributed by atoms with Gasteiger partial charge in [0.15, 0.2) is 5.96 Å². The van der Waals surface area contributed by atoms with Crippen LogP contribution >= 0.6 is 11.3 Å². The number of hydrogen-bond donors (Lipinski definition) is 2. The number of hydrogen-bond acceptors (Lipinski definition) is 4. The molecule has 0 aliphatic rings. The van der Waals surface area contributed by atoms with Gasteiger partial charge in [0.2, 0.25) is 5.88 Å². The number of rotatable bonds is 8. The van der Waals surface area contributed by atoms with Gasteiger partial charge in [-0.05, 0) is 44.0 Å². The van der Waals surface area contributed by atoms with Crippen molar-refractivity contribution in [2.24, 2.45) is 4.99 Å². The summed E-state index contributed by atoms with van der Waals surface area (Å²) < 4.78 is 5.43. The molecule has 0 saturated carbocycles. The predicted octanol–water partition coefficient (Wildman–Crippen LogP) is 3.36. The molecule has 0 amide bonds. The first-order chi connectivity index (χ1) is 11.7. The van der Waals surface area contributed by atoms with E-state index in [0.29, 0.717) is 19.0 Å². The van der Waals surface area contributed by atoms with E-state index in [0.717, 1.165) is 31.0 Å². The van der Waals surface area contributed by atoms with Crippen LogP contribution < -0.4 is 15.4 Å². The second-order valence-corrected chi connectivity index (χ2v) is 6.46. The summed E-state index contributed by atoms with van der Waals surface area (Å²) in [6.07, 6.45) is 2.84. The summed E-state index contributed by atoms with van der Waals surface area (Å²) in [7, 11) is 0. The van der Waals surface area contributed by atoms with E-state index >= 15 is 0 Å². The van der Waals surface area contributed by atoms with Gasteiger partial charge in [-0.2, -0.15) is 0 Å². The standard InChI is InChI=1S/C18H26N4OS/c1-4-15-7-8-16(24-15)13-22-18(19-5-2)21-12-14-9-10-20-17(11-14)23-6-3/h7-11H,4-6,12-13H2,1-3H3,(H2,19,21,22). The molecule has 2 aromatic heterocycles. The maximum Gasteiger partial charge on any atom is 0.213 e. The van der Waals surface area contributed by atoms with Gasteiger partial charge in [0.25, 0.3) is 0 Å². The molecule has 2 N–H and O–H groups in total. The highest BCUT2D eigenvalue weighted by Crippen LogP contribution is 2.16. The smallest absolute Gasteiger partial charge is 0.213 e. The minimum absolute atomic E-state index is 0.586. The van der Waals surface area contributed by atoms with Gasteiger partial charge >= 0.3 is 0 Å². The Morgan fingerprint density at radius 1 is 1.17 bits per heavy atom. The van der Waals surface area contributed by atoms with E-state index < -0.39 is 0 Å². The van der Waals surface area contributed by atoms with E-state index in [-0.39, 0.29) is 0 Å². The van der Waals surface area contributed by atoms with Crippen LogP contribution in [0.5, 0.6) is 5.88 Å². The lowest BCUT2D eigenvalue weighted by atomic mass is 10.3. The van der Waals surface area contributed by atoms with Crippen molar-refractivity contribution in [3.05, 3.63) is 45.8 Å². The lowest BCUT2D eigenvalue weighted by molar-refractivity contribution is 0.326. The van der Waals surface area contributed by atoms with Crippen LogP contribution in [-0.4, -0.2) is 24.1 Å². The van der Waals surface area contributed by atoms with Crippen LogP contribution in [0.2, 0.25) is 0 Å². The third-order valence-corrected chi connectivity index (χ3v) is 4.58. The van der Waals surface area contributed by atoms with Crippen LogP contribution in [0, 0.1) is 0 Å². The summed E-state index contributed by atoms with van der Waals surface area (Å²) in [6, 6.07) is 8.26. The van der Waals surface area contributed by atoms with Crippen molar-refractivity contribution in [2.75, 3.05) is 13.2 Å². The number of aliphatic imine (C=N–C) groups is 1. The van der Waals surface area contributed by atoms with E-state index in [1.54, 1.807) is 6.20 Å². The van der Waals surface area contributed by atoms with Gasteiger partial charge in [-0.25, -0.2) is 9.98 Å². The van der Waals surface area contributed by atoms with Gasteiger partial charge in [-0.3, -0.25) is 0 Å². The Hall–Kier alpha value is -2.08. The van der Waals surface area contributed by atoms with Crippen LogP contribution in [0.15, 0.2) is 35.5 Å². The van der Waals surface area contributed by atoms with Gasteiger partial charge < -0.3 is 15.4 Å². The maximum absolute atomic E-state index is 5.43. The minimum Gasteiger partial charge on any atom is -0.478 e. The number of pyridine rings is 1. The highest BCUT2D eigenvalue weighted by molar-refractivity contribution is 7.11. The quantitative estimate of drug-likeness (QED) is 0.568. The third kappa shape index (κ3) is 5.85. The van der Waals surface area contributed by atoms with Crippen molar-refractivity contribution in [3.8, 4) is 5.88 Å². The van der Waals surface area contributed by atoms with Crippen LogP contribution in [-0.2, 0) is 19.5 Å². The number of nitrogens with one attached hydrogen (secondary N) is 2. The van der Waals surface area contributed by atoms with Gasteiger partial charge in [0, 0.05) is 28.6 Å². The SMILES string of the molecule is CCNC(=NCc1ccnc(OCC)c1)NCc1ccc(CC)s1. The van der Waals surface area contributed by atoms with Crippen molar-refractivity contribution in [2.45, 2.75) is 40.3 Å². The van der Waals surface area contributed by atoms with E-state index in [1.165, 1.54) is 9.75 Å². The molecule has 6 heteroatoms. The molecular formula is C18H26N4OS. The first kappa shape index (κ1) is 18.3. The maximum atomic E-state index is 5.43. The summed E-state index contributed by atoms with van der Waals surface area (Å²) in [5.74, 6) is 1.47. The Labute approximate surface area is 148 Å². The van der Waals surface area contributed by atoms with E-state index in [2.05, 4.69) is 46.6 Å². The molecule has 0 fully saturated rings. The molecule has 0 radical (unpaired) electrons. The average molecular weight is 347 g/mol. The fraction of sp³-hybridized carbons (Fsp3) is 0.444. The Balaban J connectivity index is 1.95. The second-order valence-electron chi connectivity index (χ2n) is 5.21. The molecular weight excluding hydrogens is 320 g/mol. The molecule has 24 heavy (non-hydrogen) atoms. The van der Waals surface area contributed by atoms with Crippen molar-refractivity contribution in [1.82, 2.24) is 15.6 Å². The lowest BCUT2D eigenvalue weighted by Gasteiger charge is -2.10. The molecule has 5 nitrogen and oxygen atoms in total. The highest BCUT2D eigenvalue weighted by atomic mass is 32.1. The predicted molar refractivity (Wildman–Crippen MR) is 101 cm³/mol. The van der Waals surface area contributed by atoms with Crippen molar-refractivity contribution >= 4 is 17.3 Å². The third-order valence-electron chi connectivity index (χ3n) is 3.35. The molecule has 2 heterocycles. The average Bonchev–Trinajstić information content (AvgIpc) is 3.06. The number of ether oxygens (including phenoxy) is 1. The van der Waals surface area contributed by atoms with Crippen LogP contribution in [0.3, 0.4) is 0 Å². The highest BCUT2D eigenvalue weighted by Gasteiger charge is 2.02. The number of nitrogens with zero attached hydrogens (tertiary/aromatic N) is 2. The summed E-state index contributed by atoms with van der Waals surface area (Å²) >= 11 is 1.84.